The Morgan fingerprint density at radius 2 is 0.776 bits per heavy atom. The minimum atomic E-state index is 0. The number of nitrogens with zero attached hydrogens (tertiary/aromatic N) is 6. The van der Waals surface area contributed by atoms with Crippen LogP contribution in [0.1, 0.15) is 155 Å². The van der Waals surface area contributed by atoms with Gasteiger partial charge in [0.15, 0.2) is 0 Å². The molecule has 1 unspecified atom stereocenters. The third-order valence-electron chi connectivity index (χ3n) is 14.5. The van der Waals surface area contributed by atoms with Crippen LogP contribution in [-0.2, 0) is 14.4 Å². The summed E-state index contributed by atoms with van der Waals surface area (Å²) in [6.45, 7) is 25.4. The first-order valence-electron chi connectivity index (χ1n) is 22.6. The molecular weight excluding hydrogens is 721 g/mol. The fraction of sp³-hybridized carbons (Fsp3) is 0.939. The summed E-state index contributed by atoms with van der Waals surface area (Å²) in [4.78, 5) is 50.0. The largest absolute Gasteiger partial charge is 0.343 e. The standard InChI is InChI=1S/C16H30N2O.C15H28N2O.C14H26N2O.4CH4/c1-13(2)15-6-10-18(11-7-15)16(19)12-14-4-8-17(3)9-5-14;1-12(2)13-6-9-17(10-7-13)15(18)11-14-5-4-8-16(14)3;1-11(2)13-4-6-16(7-5-13)14(17)8-12-9-15(3)10-12;;;;/h13-15H,4-12H2,1-3H3;12-14H,4-11H2,1-3H3;11-13H,4-10H2,1-3H3;4*1H4. The minimum Gasteiger partial charge on any atom is -0.343 e. The average molecular weight is 821 g/mol. The summed E-state index contributed by atoms with van der Waals surface area (Å²) in [5.41, 5.74) is 0. The van der Waals surface area contributed by atoms with E-state index < -0.39 is 0 Å². The first-order chi connectivity index (χ1) is 25.7. The molecule has 9 heteroatoms. The van der Waals surface area contributed by atoms with Crippen molar-refractivity contribution in [1.29, 1.82) is 0 Å². The van der Waals surface area contributed by atoms with Gasteiger partial charge in [0.05, 0.1) is 0 Å². The molecule has 0 aromatic carbocycles. The van der Waals surface area contributed by atoms with E-state index in [1.807, 2.05) is 0 Å². The molecule has 344 valence electrons. The molecule has 9 nitrogen and oxygen atoms in total. The van der Waals surface area contributed by atoms with E-state index in [-0.39, 0.29) is 29.7 Å². The number of carbonyl (C=O) groups is 3. The van der Waals surface area contributed by atoms with Crippen LogP contribution in [0.4, 0.5) is 0 Å². The Morgan fingerprint density at radius 3 is 1.09 bits per heavy atom. The predicted molar refractivity (Wildman–Crippen MR) is 250 cm³/mol. The fourth-order valence-electron chi connectivity index (χ4n) is 9.99. The average Bonchev–Trinajstić information content (AvgIpc) is 3.55. The molecule has 0 aliphatic carbocycles. The lowest BCUT2D eigenvalue weighted by Crippen LogP contribution is -2.47. The van der Waals surface area contributed by atoms with E-state index in [1.54, 1.807) is 0 Å². The molecule has 0 N–H and O–H groups in total. The van der Waals surface area contributed by atoms with Crippen molar-refractivity contribution < 1.29 is 14.4 Å². The van der Waals surface area contributed by atoms with Gasteiger partial charge in [-0.15, -0.1) is 0 Å². The lowest BCUT2D eigenvalue weighted by atomic mass is 9.86. The Morgan fingerprint density at radius 1 is 0.431 bits per heavy atom. The number of piperidine rings is 4. The van der Waals surface area contributed by atoms with Crippen molar-refractivity contribution in [3.63, 3.8) is 0 Å². The summed E-state index contributed by atoms with van der Waals surface area (Å²) in [7, 11) is 6.44. The van der Waals surface area contributed by atoms with Crippen LogP contribution in [0.15, 0.2) is 0 Å². The van der Waals surface area contributed by atoms with Crippen molar-refractivity contribution in [1.82, 2.24) is 29.4 Å². The summed E-state index contributed by atoms with van der Waals surface area (Å²) < 4.78 is 0. The Balaban J connectivity index is 0.000000813. The molecule has 0 radical (unpaired) electrons. The molecule has 6 aliphatic rings. The van der Waals surface area contributed by atoms with Gasteiger partial charge in [-0.1, -0.05) is 71.2 Å². The number of likely N-dealkylation sites (tertiary alicyclic amines) is 6. The lowest BCUT2D eigenvalue weighted by molar-refractivity contribution is -0.135. The highest BCUT2D eigenvalue weighted by atomic mass is 16.2. The Labute approximate surface area is 361 Å². The maximum Gasteiger partial charge on any atom is 0.224 e. The molecular formula is C49H100N6O3. The highest BCUT2D eigenvalue weighted by Crippen LogP contribution is 2.29. The van der Waals surface area contributed by atoms with E-state index in [0.717, 1.165) is 127 Å². The normalized spacial score (nSPS) is 23.4. The highest BCUT2D eigenvalue weighted by Gasteiger charge is 2.31. The molecule has 6 heterocycles. The second-order valence-corrected chi connectivity index (χ2v) is 19.6. The molecule has 0 spiro atoms. The van der Waals surface area contributed by atoms with Gasteiger partial charge in [-0.05, 0) is 152 Å². The molecule has 6 fully saturated rings. The van der Waals surface area contributed by atoms with Crippen molar-refractivity contribution in [3.8, 4) is 0 Å². The monoisotopic (exact) mass is 821 g/mol. The van der Waals surface area contributed by atoms with Crippen molar-refractivity contribution in [2.24, 2.45) is 47.3 Å². The Kier molecular flexibility index (Phi) is 27.2. The van der Waals surface area contributed by atoms with Crippen molar-refractivity contribution in [2.75, 3.05) is 93.1 Å². The molecule has 3 amide bonds. The maximum atomic E-state index is 12.3. The third kappa shape index (κ3) is 18.1. The van der Waals surface area contributed by atoms with Crippen LogP contribution < -0.4 is 0 Å². The molecule has 6 saturated heterocycles. The van der Waals surface area contributed by atoms with Crippen LogP contribution in [0.3, 0.4) is 0 Å². The summed E-state index contributed by atoms with van der Waals surface area (Å²) in [5, 5.41) is 0. The van der Waals surface area contributed by atoms with Crippen LogP contribution in [-0.4, -0.2) is 146 Å². The second kappa shape index (κ2) is 28.0. The predicted octanol–water partition coefficient (Wildman–Crippen LogP) is 9.36. The van der Waals surface area contributed by atoms with Gasteiger partial charge in [0.1, 0.15) is 0 Å². The molecule has 0 aromatic rings. The van der Waals surface area contributed by atoms with Gasteiger partial charge in [-0.3, -0.25) is 14.4 Å². The Bertz CT molecular complexity index is 1110. The van der Waals surface area contributed by atoms with E-state index in [9.17, 15) is 14.4 Å². The Hall–Kier alpha value is -1.71. The highest BCUT2D eigenvalue weighted by molar-refractivity contribution is 5.77. The van der Waals surface area contributed by atoms with Crippen molar-refractivity contribution >= 4 is 17.7 Å². The zero-order valence-electron chi connectivity index (χ0n) is 36.6. The smallest absolute Gasteiger partial charge is 0.224 e. The third-order valence-corrected chi connectivity index (χ3v) is 14.5. The molecule has 6 aliphatic heterocycles. The summed E-state index contributed by atoms with van der Waals surface area (Å²) >= 11 is 0. The lowest BCUT2D eigenvalue weighted by Gasteiger charge is -2.38. The van der Waals surface area contributed by atoms with Gasteiger partial charge in [0.2, 0.25) is 17.7 Å². The summed E-state index contributed by atoms with van der Waals surface area (Å²) in [6.07, 6.45) is 14.4. The maximum absolute atomic E-state index is 12.3. The molecule has 0 aromatic heterocycles. The second-order valence-electron chi connectivity index (χ2n) is 19.6. The quantitative estimate of drug-likeness (QED) is 0.231. The van der Waals surface area contributed by atoms with Crippen molar-refractivity contribution in [2.45, 2.75) is 161 Å². The number of hydrogen-bond donors (Lipinski definition) is 0. The number of rotatable bonds is 9. The van der Waals surface area contributed by atoms with Crippen LogP contribution >= 0.6 is 0 Å². The molecule has 58 heavy (non-hydrogen) atoms. The first kappa shape index (κ1) is 56.3. The zero-order valence-corrected chi connectivity index (χ0v) is 36.6. The topological polar surface area (TPSA) is 70.7 Å². The van der Waals surface area contributed by atoms with E-state index in [2.05, 4.69) is 92.1 Å². The van der Waals surface area contributed by atoms with Crippen LogP contribution in [0.2, 0.25) is 0 Å². The number of carbonyl (C=O) groups excluding carboxylic acids is 3. The van der Waals surface area contributed by atoms with Crippen LogP contribution in [0.5, 0.6) is 0 Å². The van der Waals surface area contributed by atoms with Gasteiger partial charge in [0, 0.05) is 77.7 Å². The summed E-state index contributed by atoms with van der Waals surface area (Å²) in [5.74, 6) is 7.23. The minimum absolute atomic E-state index is 0. The number of hydrogen-bond acceptors (Lipinski definition) is 6. The van der Waals surface area contributed by atoms with Crippen molar-refractivity contribution in [3.05, 3.63) is 0 Å². The van der Waals surface area contributed by atoms with E-state index in [0.29, 0.717) is 35.6 Å². The zero-order chi connectivity index (χ0) is 39.4. The number of amides is 3. The SMILES string of the molecule is C.C.C.C.CC(C)C1CCN(C(=O)CC2CCCN2C)CC1.CC(C)C1CCN(C(=O)CC2CCN(C)CC2)CC1.CC(C)C1CCN(C(=O)CC2CN(C)C2)CC1. The van der Waals surface area contributed by atoms with Gasteiger partial charge >= 0.3 is 0 Å². The van der Waals surface area contributed by atoms with E-state index >= 15 is 0 Å². The fourth-order valence-corrected chi connectivity index (χ4v) is 9.99. The van der Waals surface area contributed by atoms with Gasteiger partial charge in [-0.25, -0.2) is 0 Å². The first-order valence-corrected chi connectivity index (χ1v) is 22.6. The molecule has 6 rings (SSSR count). The van der Waals surface area contributed by atoms with Gasteiger partial charge in [0.25, 0.3) is 0 Å². The molecule has 1 atom stereocenters. The van der Waals surface area contributed by atoms with Gasteiger partial charge < -0.3 is 29.4 Å². The van der Waals surface area contributed by atoms with Crippen LogP contribution in [0.25, 0.3) is 0 Å². The van der Waals surface area contributed by atoms with Gasteiger partial charge in [-0.2, -0.15) is 0 Å². The summed E-state index contributed by atoms with van der Waals surface area (Å²) in [6, 6.07) is 0.500. The van der Waals surface area contributed by atoms with Crippen LogP contribution in [0, 0.1) is 47.3 Å². The van der Waals surface area contributed by atoms with E-state index in [1.165, 1.54) is 64.2 Å². The molecule has 0 bridgehead atoms. The molecule has 0 saturated carbocycles. The van der Waals surface area contributed by atoms with E-state index in [4.69, 9.17) is 0 Å².